The molecule has 0 bridgehead atoms. The number of amides is 2. The molecule has 2 N–H and O–H groups in total. The van der Waals surface area contributed by atoms with Crippen LogP contribution in [0.3, 0.4) is 0 Å². The van der Waals surface area contributed by atoms with E-state index in [1.807, 2.05) is 6.92 Å². The van der Waals surface area contributed by atoms with Crippen LogP contribution in [0.2, 0.25) is 5.02 Å². The number of hydrogen-bond acceptors (Lipinski definition) is 4. The zero-order valence-corrected chi connectivity index (χ0v) is 22.6. The Morgan fingerprint density at radius 3 is 2.45 bits per heavy atom. The minimum Gasteiger partial charge on any atom is -0.472 e. The predicted molar refractivity (Wildman–Crippen MR) is 139 cm³/mol. The molecule has 3 fully saturated rings. The van der Waals surface area contributed by atoms with Crippen molar-refractivity contribution in [1.82, 2.24) is 10.2 Å². The van der Waals surface area contributed by atoms with Gasteiger partial charge >= 0.3 is 12.2 Å². The van der Waals surface area contributed by atoms with E-state index in [0.717, 1.165) is 43.9 Å². The van der Waals surface area contributed by atoms with Gasteiger partial charge in [0.2, 0.25) is 0 Å². The van der Waals surface area contributed by atoms with E-state index in [0.29, 0.717) is 12.8 Å². The highest BCUT2D eigenvalue weighted by molar-refractivity contribution is 6.30. The van der Waals surface area contributed by atoms with Gasteiger partial charge in [0.1, 0.15) is 17.4 Å². The molecule has 0 radical (unpaired) electrons. The highest BCUT2D eigenvalue weighted by Gasteiger charge is 2.63. The first kappa shape index (κ1) is 28.9. The number of ether oxygens (including phenoxy) is 2. The van der Waals surface area contributed by atoms with Crippen LogP contribution in [0.15, 0.2) is 36.4 Å². The van der Waals surface area contributed by atoms with E-state index in [1.165, 1.54) is 18.2 Å². The molecular weight excluding hydrogens is 557 g/mol. The van der Waals surface area contributed by atoms with E-state index in [-0.39, 0.29) is 41.6 Å². The van der Waals surface area contributed by atoms with Crippen molar-refractivity contribution in [2.24, 2.45) is 0 Å². The van der Waals surface area contributed by atoms with Gasteiger partial charge in [0.25, 0.3) is 0 Å². The molecule has 6 nitrogen and oxygen atoms in total. The number of hydrogen-bond donors (Lipinski definition) is 2. The molecule has 2 heterocycles. The number of alkyl halides is 3. The maximum absolute atomic E-state index is 14.3. The summed E-state index contributed by atoms with van der Waals surface area (Å²) in [7, 11) is 0. The Hall–Kier alpha value is -2.63. The van der Waals surface area contributed by atoms with Crippen molar-refractivity contribution in [1.29, 1.82) is 0 Å². The number of urea groups is 1. The molecular formula is C28H31ClF5N3O3. The Bertz CT molecular complexity index is 1240. The van der Waals surface area contributed by atoms with Crippen molar-refractivity contribution >= 4 is 23.3 Å². The molecule has 40 heavy (non-hydrogen) atoms. The van der Waals surface area contributed by atoms with Crippen molar-refractivity contribution in [3.05, 3.63) is 58.6 Å². The Kier molecular flexibility index (Phi) is 8.18. The number of nitrogens with one attached hydrogen (secondary N) is 2. The fourth-order valence-electron chi connectivity index (χ4n) is 6.09. The summed E-state index contributed by atoms with van der Waals surface area (Å²) in [5.74, 6) is -1.71. The third kappa shape index (κ3) is 5.60. The number of nitrogens with zero attached hydrogens (tertiary/aromatic N) is 1. The minimum absolute atomic E-state index is 0.0170. The number of rotatable bonds is 6. The first-order valence-electron chi connectivity index (χ1n) is 13.5. The summed E-state index contributed by atoms with van der Waals surface area (Å²) in [6, 6.07) is 5.64. The van der Waals surface area contributed by atoms with E-state index >= 15 is 0 Å². The molecule has 218 valence electrons. The van der Waals surface area contributed by atoms with Crippen LogP contribution in [-0.2, 0) is 10.3 Å². The third-order valence-electron chi connectivity index (χ3n) is 8.17. The number of halogens is 6. The Morgan fingerprint density at radius 2 is 1.82 bits per heavy atom. The lowest BCUT2D eigenvalue weighted by molar-refractivity contribution is -0.334. The van der Waals surface area contributed by atoms with Gasteiger partial charge in [-0.2, -0.15) is 13.2 Å². The average molecular weight is 588 g/mol. The standard InChI is InChI=1S/C28H31ClF5N3O3/c1-16-6-9-23(36-26(38)35-22-10-7-17(29)14-21(22)31)25(37(16)19-4-2-3-5-19)40-24-11-8-18(30)15-20(24)27(12-13-39-27)28(32,33)34/h7-8,10-11,14-16,19,23,25H,2-6,9,12-13H2,1H3,(H2,35,36,38)/t16?,23?,25?,27-/m1/s1. The van der Waals surface area contributed by atoms with Gasteiger partial charge in [0, 0.05) is 29.1 Å². The molecule has 2 aromatic rings. The second kappa shape index (κ2) is 11.3. The van der Waals surface area contributed by atoms with Gasteiger partial charge in [-0.05, 0) is 69.0 Å². The average Bonchev–Trinajstić information content (AvgIpc) is 3.37. The molecule has 3 aliphatic rings. The molecule has 1 saturated carbocycles. The molecule has 0 aromatic heterocycles. The summed E-state index contributed by atoms with van der Waals surface area (Å²) in [5.41, 5.74) is -3.18. The fourth-order valence-corrected chi connectivity index (χ4v) is 6.25. The topological polar surface area (TPSA) is 62.8 Å². The Balaban J connectivity index is 1.46. The number of piperidine rings is 1. The fraction of sp³-hybridized carbons (Fsp3) is 0.536. The van der Waals surface area contributed by atoms with Gasteiger partial charge in [-0.15, -0.1) is 0 Å². The summed E-state index contributed by atoms with van der Waals surface area (Å²) in [6.45, 7) is 1.90. The van der Waals surface area contributed by atoms with Crippen molar-refractivity contribution < 1.29 is 36.2 Å². The molecule has 3 unspecified atom stereocenters. The highest BCUT2D eigenvalue weighted by atomic mass is 35.5. The molecule has 2 saturated heterocycles. The van der Waals surface area contributed by atoms with Gasteiger partial charge in [-0.25, -0.2) is 13.6 Å². The molecule has 2 aromatic carbocycles. The first-order chi connectivity index (χ1) is 19.0. The summed E-state index contributed by atoms with van der Waals surface area (Å²) < 4.78 is 82.7. The molecule has 4 atom stereocenters. The van der Waals surface area contributed by atoms with Crippen LogP contribution in [-0.4, -0.2) is 48.1 Å². The third-order valence-corrected chi connectivity index (χ3v) is 8.40. The monoisotopic (exact) mass is 587 g/mol. The van der Waals surface area contributed by atoms with Crippen LogP contribution >= 0.6 is 11.6 Å². The van der Waals surface area contributed by atoms with E-state index in [2.05, 4.69) is 15.5 Å². The van der Waals surface area contributed by atoms with Gasteiger partial charge < -0.3 is 20.1 Å². The van der Waals surface area contributed by atoms with Gasteiger partial charge in [0.05, 0.1) is 18.3 Å². The summed E-state index contributed by atoms with van der Waals surface area (Å²) in [6.07, 6.45) is -1.09. The van der Waals surface area contributed by atoms with E-state index in [1.54, 1.807) is 0 Å². The second-order valence-corrected chi connectivity index (χ2v) is 11.1. The summed E-state index contributed by atoms with van der Waals surface area (Å²) >= 11 is 5.80. The largest absolute Gasteiger partial charge is 0.472 e. The molecule has 12 heteroatoms. The lowest BCUT2D eigenvalue weighted by Crippen LogP contribution is -2.63. The van der Waals surface area contributed by atoms with Gasteiger partial charge in [-0.1, -0.05) is 24.4 Å². The van der Waals surface area contributed by atoms with Crippen molar-refractivity contribution in [2.75, 3.05) is 11.9 Å². The van der Waals surface area contributed by atoms with Crippen LogP contribution in [0.5, 0.6) is 5.75 Å². The SMILES string of the molecule is CC1CCC(NC(=O)Nc2ccc(Cl)cc2F)C(Oc2ccc(F)cc2[C@@]2(C(F)(F)F)CCO2)N1C1CCCC1. The number of anilines is 1. The zero-order valence-electron chi connectivity index (χ0n) is 21.9. The summed E-state index contributed by atoms with van der Waals surface area (Å²) in [5, 5.41) is 5.48. The molecule has 5 rings (SSSR count). The molecule has 2 amide bonds. The maximum Gasteiger partial charge on any atom is 0.421 e. The van der Waals surface area contributed by atoms with Gasteiger partial charge in [0.15, 0.2) is 11.8 Å². The number of likely N-dealkylation sites (tertiary alicyclic amines) is 1. The van der Waals surface area contributed by atoms with Gasteiger partial charge in [-0.3, -0.25) is 4.90 Å². The lowest BCUT2D eigenvalue weighted by Gasteiger charge is -2.49. The smallest absolute Gasteiger partial charge is 0.421 e. The highest BCUT2D eigenvalue weighted by Crippen LogP contribution is 2.53. The van der Waals surface area contributed by atoms with Crippen LogP contribution in [0.4, 0.5) is 32.4 Å². The molecule has 1 aliphatic carbocycles. The van der Waals surface area contributed by atoms with Crippen LogP contribution < -0.4 is 15.4 Å². The van der Waals surface area contributed by atoms with Crippen molar-refractivity contribution in [3.8, 4) is 5.75 Å². The van der Waals surface area contributed by atoms with Crippen molar-refractivity contribution in [3.63, 3.8) is 0 Å². The second-order valence-electron chi connectivity index (χ2n) is 10.7. The predicted octanol–water partition coefficient (Wildman–Crippen LogP) is 7.12. The van der Waals surface area contributed by atoms with E-state index in [4.69, 9.17) is 21.1 Å². The summed E-state index contributed by atoms with van der Waals surface area (Å²) in [4.78, 5) is 15.1. The Morgan fingerprint density at radius 1 is 1.10 bits per heavy atom. The van der Waals surface area contributed by atoms with Crippen LogP contribution in [0.25, 0.3) is 0 Å². The quantitative estimate of drug-likeness (QED) is 0.353. The lowest BCUT2D eigenvalue weighted by atomic mass is 9.85. The first-order valence-corrected chi connectivity index (χ1v) is 13.8. The van der Waals surface area contributed by atoms with E-state index < -0.39 is 47.3 Å². The number of carbonyl (C=O) groups excluding carboxylic acids is 1. The van der Waals surface area contributed by atoms with Crippen molar-refractivity contribution in [2.45, 2.75) is 88.0 Å². The number of benzene rings is 2. The van der Waals surface area contributed by atoms with E-state index in [9.17, 15) is 26.7 Å². The Labute approximate surface area is 234 Å². The molecule has 0 spiro atoms. The van der Waals surface area contributed by atoms with Crippen LogP contribution in [0.1, 0.15) is 57.4 Å². The van der Waals surface area contributed by atoms with Crippen LogP contribution in [0, 0.1) is 11.6 Å². The number of carbonyl (C=O) groups is 1. The minimum atomic E-state index is -4.79. The molecule has 2 aliphatic heterocycles. The zero-order chi connectivity index (χ0) is 28.7. The maximum atomic E-state index is 14.3. The normalized spacial score (nSPS) is 27.7.